The van der Waals surface area contributed by atoms with E-state index in [-0.39, 0.29) is 17.9 Å². The van der Waals surface area contributed by atoms with Crippen molar-refractivity contribution < 1.29 is 9.47 Å². The van der Waals surface area contributed by atoms with Gasteiger partial charge < -0.3 is 24.6 Å². The SMILES string of the molecule is CCN1c2ccccc2C2C=C3NC4C(Cl)=C5Oc6cc7c(cc6N=C5C(Cl)=C4OC3=CC21)C1C=CC=CC1N7CC. The van der Waals surface area contributed by atoms with E-state index in [1.165, 1.54) is 22.5 Å². The van der Waals surface area contributed by atoms with Gasteiger partial charge >= 0.3 is 0 Å². The first-order valence-corrected chi connectivity index (χ1v) is 15.4. The van der Waals surface area contributed by atoms with Crippen LogP contribution in [0.3, 0.4) is 0 Å². The predicted octanol–water partition coefficient (Wildman–Crippen LogP) is 7.25. The van der Waals surface area contributed by atoms with Crippen molar-refractivity contribution in [3.8, 4) is 5.75 Å². The number of para-hydroxylation sites is 1. The smallest absolute Gasteiger partial charge is 0.171 e. The first kappa shape index (κ1) is 24.7. The number of nitrogens with one attached hydrogen (secondary N) is 1. The third kappa shape index (κ3) is 3.20. The topological polar surface area (TPSA) is 49.3 Å². The maximum Gasteiger partial charge on any atom is 0.171 e. The Labute approximate surface area is 254 Å². The van der Waals surface area contributed by atoms with Crippen molar-refractivity contribution in [3.05, 3.63) is 117 Å². The molecule has 0 bridgehead atoms. The van der Waals surface area contributed by atoms with Crippen LogP contribution >= 0.6 is 23.2 Å². The molecule has 4 heterocycles. The Kier molecular flexibility index (Phi) is 5.19. The molecule has 0 aromatic heterocycles. The number of hydrogen-bond acceptors (Lipinski definition) is 6. The molecule has 2 aromatic carbocycles. The molecule has 0 radical (unpaired) electrons. The fourth-order valence-electron chi connectivity index (χ4n) is 7.66. The largest absolute Gasteiger partial charge is 0.456 e. The summed E-state index contributed by atoms with van der Waals surface area (Å²) in [5.41, 5.74) is 7.18. The molecule has 0 amide bonds. The molecule has 210 valence electrons. The number of likely N-dealkylation sites (N-methyl/N-ethyl adjacent to an activating group) is 2. The zero-order valence-corrected chi connectivity index (χ0v) is 24.7. The zero-order chi connectivity index (χ0) is 28.3. The maximum atomic E-state index is 7.09. The predicted molar refractivity (Wildman–Crippen MR) is 168 cm³/mol. The van der Waals surface area contributed by atoms with E-state index < -0.39 is 6.04 Å². The van der Waals surface area contributed by atoms with Gasteiger partial charge in [0.05, 0.1) is 22.8 Å². The van der Waals surface area contributed by atoms with Crippen molar-refractivity contribution >= 4 is 46.0 Å². The molecule has 4 aliphatic heterocycles. The van der Waals surface area contributed by atoms with Gasteiger partial charge in [0.25, 0.3) is 0 Å². The number of rotatable bonds is 2. The number of allylic oxidation sites excluding steroid dienone is 3. The Bertz CT molecular complexity index is 1810. The molecule has 5 unspecified atom stereocenters. The molecule has 9 rings (SSSR count). The number of benzene rings is 2. The normalized spacial score (nSPS) is 29.0. The lowest BCUT2D eigenvalue weighted by Gasteiger charge is -2.39. The van der Waals surface area contributed by atoms with Gasteiger partial charge in [0.2, 0.25) is 0 Å². The van der Waals surface area contributed by atoms with Crippen LogP contribution in [0.25, 0.3) is 0 Å². The Hall–Kier alpha value is -3.87. The van der Waals surface area contributed by atoms with Crippen molar-refractivity contribution in [3.63, 3.8) is 0 Å². The molecule has 1 fully saturated rings. The summed E-state index contributed by atoms with van der Waals surface area (Å²) < 4.78 is 13.1. The minimum absolute atomic E-state index is 0.175. The molecule has 8 heteroatoms. The zero-order valence-electron chi connectivity index (χ0n) is 23.1. The summed E-state index contributed by atoms with van der Waals surface area (Å²) in [6.07, 6.45) is 13.2. The molecule has 7 aliphatic rings. The molecule has 42 heavy (non-hydrogen) atoms. The van der Waals surface area contributed by atoms with Crippen molar-refractivity contribution in [2.24, 2.45) is 4.99 Å². The molecule has 2 aromatic rings. The van der Waals surface area contributed by atoms with Crippen LogP contribution in [-0.2, 0) is 4.74 Å². The first-order chi connectivity index (χ1) is 20.6. The van der Waals surface area contributed by atoms with Crippen LogP contribution < -0.4 is 19.9 Å². The van der Waals surface area contributed by atoms with Gasteiger partial charge in [-0.05, 0) is 49.3 Å². The Morgan fingerprint density at radius 3 is 2.55 bits per heavy atom. The van der Waals surface area contributed by atoms with Crippen LogP contribution in [0.2, 0.25) is 0 Å². The van der Waals surface area contributed by atoms with Gasteiger partial charge in [-0.3, -0.25) is 0 Å². The lowest BCUT2D eigenvalue weighted by molar-refractivity contribution is 0.245. The van der Waals surface area contributed by atoms with E-state index in [1.807, 2.05) is 0 Å². The highest BCUT2D eigenvalue weighted by molar-refractivity contribution is 6.49. The second kappa shape index (κ2) is 8.82. The van der Waals surface area contributed by atoms with Crippen molar-refractivity contribution in [2.75, 3.05) is 22.9 Å². The Morgan fingerprint density at radius 1 is 0.881 bits per heavy atom. The van der Waals surface area contributed by atoms with Crippen molar-refractivity contribution in [1.29, 1.82) is 0 Å². The third-order valence-electron chi connectivity index (χ3n) is 9.53. The summed E-state index contributed by atoms with van der Waals surface area (Å²) in [5.74, 6) is 2.97. The summed E-state index contributed by atoms with van der Waals surface area (Å²) in [6.45, 7) is 6.18. The number of hydrogen-bond donors (Lipinski definition) is 1. The van der Waals surface area contributed by atoms with Crippen LogP contribution in [0.1, 0.15) is 36.8 Å². The summed E-state index contributed by atoms with van der Waals surface area (Å²) in [4.78, 5) is 9.85. The van der Waals surface area contributed by atoms with Gasteiger partial charge in [-0.1, -0.05) is 65.7 Å². The second-order valence-corrected chi connectivity index (χ2v) is 12.3. The number of halogens is 2. The Balaban J connectivity index is 1.12. The van der Waals surface area contributed by atoms with E-state index in [0.29, 0.717) is 39.1 Å². The molecule has 1 saturated heterocycles. The fraction of sp³-hybridized carbons (Fsp3) is 0.265. The van der Waals surface area contributed by atoms with Gasteiger partial charge in [-0.2, -0.15) is 0 Å². The molecule has 0 saturated carbocycles. The second-order valence-electron chi connectivity index (χ2n) is 11.5. The van der Waals surface area contributed by atoms with Gasteiger partial charge in [0, 0.05) is 42.4 Å². The Morgan fingerprint density at radius 2 is 1.69 bits per heavy atom. The monoisotopic (exact) mass is 594 g/mol. The minimum Gasteiger partial charge on any atom is -0.456 e. The summed E-state index contributed by atoms with van der Waals surface area (Å²) in [5, 5.41) is 4.52. The van der Waals surface area contributed by atoms with E-state index >= 15 is 0 Å². The number of nitrogens with zero attached hydrogens (tertiary/aromatic N) is 3. The number of morpholine rings is 1. The van der Waals surface area contributed by atoms with E-state index in [0.717, 1.165) is 30.2 Å². The lowest BCUT2D eigenvalue weighted by atomic mass is 9.88. The first-order valence-electron chi connectivity index (χ1n) is 14.7. The quantitative estimate of drug-likeness (QED) is 0.397. The highest BCUT2D eigenvalue weighted by Gasteiger charge is 2.46. The van der Waals surface area contributed by atoms with Gasteiger partial charge in [-0.15, -0.1) is 0 Å². The van der Waals surface area contributed by atoms with Crippen molar-refractivity contribution in [2.45, 2.75) is 43.8 Å². The van der Waals surface area contributed by atoms with Crippen LogP contribution in [-0.4, -0.2) is 36.9 Å². The number of ether oxygens (including phenoxy) is 2. The fourth-order valence-corrected chi connectivity index (χ4v) is 8.22. The highest BCUT2D eigenvalue weighted by Crippen LogP contribution is 2.52. The molecule has 5 atom stereocenters. The summed E-state index contributed by atoms with van der Waals surface area (Å²) >= 11 is 14.2. The van der Waals surface area contributed by atoms with E-state index in [1.54, 1.807) is 0 Å². The number of aliphatic imine (C=N–C) groups is 1. The maximum absolute atomic E-state index is 7.09. The van der Waals surface area contributed by atoms with Crippen LogP contribution in [0.4, 0.5) is 17.1 Å². The van der Waals surface area contributed by atoms with Crippen molar-refractivity contribution in [1.82, 2.24) is 5.32 Å². The standard InChI is InChI=1S/C34H28Cl2N4O2/c1-3-39-23-11-7-5-9-17(23)19-13-21-27(15-25(19)39)41-33-29(35)32-34(30(36)31(33)37-21)42-28-16-26-20(14-22(28)38-32)18-10-6-8-12-24(18)40(26)4-2/h5-17,20,23,26,32,38H,3-4H2,1-2H3. The summed E-state index contributed by atoms with van der Waals surface area (Å²) in [6, 6.07) is 12.9. The van der Waals surface area contributed by atoms with Crippen LogP contribution in [0.15, 0.2) is 111 Å². The number of fused-ring (bicyclic) bond motifs is 10. The average Bonchev–Trinajstić information content (AvgIpc) is 3.50. The molecular weight excluding hydrogens is 567 g/mol. The average molecular weight is 596 g/mol. The molecule has 0 spiro atoms. The third-order valence-corrected chi connectivity index (χ3v) is 10.3. The van der Waals surface area contributed by atoms with Gasteiger partial charge in [-0.25, -0.2) is 4.99 Å². The molecule has 6 nitrogen and oxygen atoms in total. The summed E-state index contributed by atoms with van der Waals surface area (Å²) in [7, 11) is 0. The lowest BCUT2D eigenvalue weighted by Crippen LogP contribution is -2.44. The van der Waals surface area contributed by atoms with E-state index in [9.17, 15) is 0 Å². The van der Waals surface area contributed by atoms with Crippen LogP contribution in [0, 0.1) is 0 Å². The number of anilines is 2. The van der Waals surface area contributed by atoms with Gasteiger partial charge in [0.15, 0.2) is 17.3 Å². The molecule has 1 N–H and O–H groups in total. The molecule has 3 aliphatic carbocycles. The minimum atomic E-state index is -0.465. The highest BCUT2D eigenvalue weighted by atomic mass is 35.5. The van der Waals surface area contributed by atoms with Crippen LogP contribution in [0.5, 0.6) is 5.75 Å². The molecular formula is C34H28Cl2N4O2. The van der Waals surface area contributed by atoms with E-state index in [4.69, 9.17) is 37.7 Å². The van der Waals surface area contributed by atoms with E-state index in [2.05, 4.69) is 102 Å². The van der Waals surface area contributed by atoms with Gasteiger partial charge in [0.1, 0.15) is 28.2 Å².